The number of carboxylic acids is 1. The largest absolute Gasteiger partial charge is 0.478 e. The summed E-state index contributed by atoms with van der Waals surface area (Å²) in [6, 6.07) is 4.43. The molecular weight excluding hydrogens is 235 g/mol. The molecule has 1 aliphatic heterocycles. The average Bonchev–Trinajstić information content (AvgIpc) is 2.73. The highest BCUT2D eigenvalue weighted by atomic mass is 19.1. The molecule has 0 saturated carbocycles. The fraction of sp³-hybridized carbons (Fsp3) is 0.462. The number of nitrogens with zero attached hydrogens (tertiary/aromatic N) is 1. The van der Waals surface area contributed by atoms with Gasteiger partial charge in [0.25, 0.3) is 0 Å². The zero-order valence-corrected chi connectivity index (χ0v) is 10.3. The van der Waals surface area contributed by atoms with Gasteiger partial charge in [0.05, 0.1) is 11.3 Å². The van der Waals surface area contributed by atoms with Crippen LogP contribution in [0.3, 0.4) is 0 Å². The molecule has 5 heteroatoms. The fourth-order valence-corrected chi connectivity index (χ4v) is 2.34. The molecule has 18 heavy (non-hydrogen) atoms. The molecule has 2 N–H and O–H groups in total. The van der Waals surface area contributed by atoms with Gasteiger partial charge in [-0.25, -0.2) is 9.18 Å². The molecule has 0 aromatic heterocycles. The van der Waals surface area contributed by atoms with Gasteiger partial charge < -0.3 is 15.3 Å². The number of rotatable bonds is 4. The third-order valence-electron chi connectivity index (χ3n) is 3.43. The molecule has 1 fully saturated rings. The number of benzene rings is 1. The van der Waals surface area contributed by atoms with E-state index in [9.17, 15) is 9.18 Å². The zero-order chi connectivity index (χ0) is 13.1. The molecule has 1 saturated heterocycles. The van der Waals surface area contributed by atoms with Gasteiger partial charge in [-0.1, -0.05) is 6.07 Å². The standard InChI is InChI=1S/C13H17FN2O2/c1-16-7-3-4-9(16)8-15-12-10(13(17)18)5-2-6-11(12)14/h2,5-6,9,15H,3-4,7-8H2,1H3,(H,17,18). The summed E-state index contributed by atoms with van der Waals surface area (Å²) in [5.74, 6) is -1.63. The highest BCUT2D eigenvalue weighted by molar-refractivity contribution is 5.94. The Labute approximate surface area is 105 Å². The van der Waals surface area contributed by atoms with Crippen molar-refractivity contribution in [2.45, 2.75) is 18.9 Å². The quantitative estimate of drug-likeness (QED) is 0.861. The Balaban J connectivity index is 2.11. The van der Waals surface area contributed by atoms with Crippen molar-refractivity contribution in [1.29, 1.82) is 0 Å². The molecule has 1 heterocycles. The van der Waals surface area contributed by atoms with E-state index in [-0.39, 0.29) is 11.3 Å². The summed E-state index contributed by atoms with van der Waals surface area (Å²) in [4.78, 5) is 13.2. The highest BCUT2D eigenvalue weighted by Crippen LogP contribution is 2.21. The molecule has 0 spiro atoms. The lowest BCUT2D eigenvalue weighted by Gasteiger charge is -2.21. The third kappa shape index (κ3) is 2.61. The second kappa shape index (κ2) is 5.35. The van der Waals surface area contributed by atoms with Gasteiger partial charge in [-0.3, -0.25) is 0 Å². The van der Waals surface area contributed by atoms with Crippen LogP contribution in [0.2, 0.25) is 0 Å². The molecule has 1 aromatic carbocycles. The van der Waals surface area contributed by atoms with Crippen molar-refractivity contribution in [2.75, 3.05) is 25.5 Å². The zero-order valence-electron chi connectivity index (χ0n) is 10.3. The normalized spacial score (nSPS) is 20.0. The Kier molecular flexibility index (Phi) is 3.81. The van der Waals surface area contributed by atoms with Crippen LogP contribution >= 0.6 is 0 Å². The Morgan fingerprint density at radius 3 is 3.00 bits per heavy atom. The maximum absolute atomic E-state index is 13.6. The minimum atomic E-state index is -1.11. The van der Waals surface area contributed by atoms with Crippen LogP contribution < -0.4 is 5.32 Å². The van der Waals surface area contributed by atoms with Crippen LogP contribution in [0.25, 0.3) is 0 Å². The van der Waals surface area contributed by atoms with Crippen molar-refractivity contribution in [3.05, 3.63) is 29.6 Å². The predicted octanol–water partition coefficient (Wildman–Crippen LogP) is 2.03. The van der Waals surface area contributed by atoms with E-state index in [1.165, 1.54) is 18.2 Å². The van der Waals surface area contributed by atoms with E-state index in [0.29, 0.717) is 12.6 Å². The predicted molar refractivity (Wildman–Crippen MR) is 67.5 cm³/mol. The maximum atomic E-state index is 13.6. The lowest BCUT2D eigenvalue weighted by molar-refractivity contribution is 0.0697. The first-order valence-electron chi connectivity index (χ1n) is 6.05. The minimum Gasteiger partial charge on any atom is -0.478 e. The number of likely N-dealkylation sites (N-methyl/N-ethyl adjacent to an activating group) is 1. The number of aromatic carboxylic acids is 1. The summed E-state index contributed by atoms with van der Waals surface area (Å²) < 4.78 is 13.6. The van der Waals surface area contributed by atoms with Gasteiger partial charge >= 0.3 is 5.97 Å². The van der Waals surface area contributed by atoms with Gasteiger partial charge in [0.2, 0.25) is 0 Å². The lowest BCUT2D eigenvalue weighted by atomic mass is 10.1. The smallest absolute Gasteiger partial charge is 0.337 e. The molecule has 4 nitrogen and oxygen atoms in total. The molecule has 1 aliphatic rings. The number of para-hydroxylation sites is 1. The van der Waals surface area contributed by atoms with Crippen molar-refractivity contribution in [3.8, 4) is 0 Å². The number of nitrogens with one attached hydrogen (secondary N) is 1. The second-order valence-electron chi connectivity index (χ2n) is 4.63. The minimum absolute atomic E-state index is 0.0179. The molecule has 2 rings (SSSR count). The summed E-state index contributed by atoms with van der Waals surface area (Å²) >= 11 is 0. The summed E-state index contributed by atoms with van der Waals surface area (Å²) in [7, 11) is 2.03. The first-order valence-corrected chi connectivity index (χ1v) is 6.05. The molecular formula is C13H17FN2O2. The molecule has 1 atom stereocenters. The van der Waals surface area contributed by atoms with Crippen LogP contribution in [0.1, 0.15) is 23.2 Å². The van der Waals surface area contributed by atoms with Crippen molar-refractivity contribution in [2.24, 2.45) is 0 Å². The Morgan fingerprint density at radius 2 is 2.39 bits per heavy atom. The number of carbonyl (C=O) groups is 1. The van der Waals surface area contributed by atoms with Gasteiger partial charge in [-0.05, 0) is 38.6 Å². The lowest BCUT2D eigenvalue weighted by Crippen LogP contribution is -2.32. The first-order chi connectivity index (χ1) is 8.59. The molecule has 1 aromatic rings. The first kappa shape index (κ1) is 12.8. The van der Waals surface area contributed by atoms with Crippen LogP contribution in [0, 0.1) is 5.82 Å². The molecule has 98 valence electrons. The van der Waals surface area contributed by atoms with Crippen molar-refractivity contribution >= 4 is 11.7 Å². The Hall–Kier alpha value is -1.62. The van der Waals surface area contributed by atoms with E-state index < -0.39 is 11.8 Å². The number of hydrogen-bond donors (Lipinski definition) is 2. The third-order valence-corrected chi connectivity index (χ3v) is 3.43. The monoisotopic (exact) mass is 252 g/mol. The summed E-state index contributed by atoms with van der Waals surface area (Å²) in [6.45, 7) is 1.60. The molecule has 0 radical (unpaired) electrons. The number of halogens is 1. The van der Waals surface area contributed by atoms with Crippen molar-refractivity contribution < 1.29 is 14.3 Å². The number of hydrogen-bond acceptors (Lipinski definition) is 3. The topological polar surface area (TPSA) is 52.6 Å². The van der Waals surface area contributed by atoms with Gasteiger partial charge in [0.1, 0.15) is 5.82 Å². The van der Waals surface area contributed by atoms with Gasteiger partial charge in [0.15, 0.2) is 0 Å². The average molecular weight is 252 g/mol. The molecule has 0 amide bonds. The van der Waals surface area contributed by atoms with Crippen LogP contribution in [0.5, 0.6) is 0 Å². The molecule has 0 bridgehead atoms. The Morgan fingerprint density at radius 1 is 1.61 bits per heavy atom. The van der Waals surface area contributed by atoms with Crippen LogP contribution in [-0.2, 0) is 0 Å². The molecule has 1 unspecified atom stereocenters. The van der Waals surface area contributed by atoms with E-state index in [1.54, 1.807) is 0 Å². The second-order valence-corrected chi connectivity index (χ2v) is 4.63. The van der Waals surface area contributed by atoms with Gasteiger partial charge in [0, 0.05) is 12.6 Å². The van der Waals surface area contributed by atoms with E-state index in [4.69, 9.17) is 5.11 Å². The van der Waals surface area contributed by atoms with Crippen molar-refractivity contribution in [1.82, 2.24) is 4.90 Å². The van der Waals surface area contributed by atoms with Crippen LogP contribution in [-0.4, -0.2) is 42.2 Å². The van der Waals surface area contributed by atoms with E-state index in [0.717, 1.165) is 19.4 Å². The van der Waals surface area contributed by atoms with E-state index in [2.05, 4.69) is 10.2 Å². The Bertz CT molecular complexity index is 451. The number of anilines is 1. The van der Waals surface area contributed by atoms with Crippen molar-refractivity contribution in [3.63, 3.8) is 0 Å². The summed E-state index contributed by atoms with van der Waals surface area (Å²) in [5.41, 5.74) is 0.0703. The van der Waals surface area contributed by atoms with Crippen LogP contribution in [0.15, 0.2) is 18.2 Å². The summed E-state index contributed by atoms with van der Waals surface area (Å²) in [6.07, 6.45) is 2.19. The molecule has 0 aliphatic carbocycles. The van der Waals surface area contributed by atoms with E-state index >= 15 is 0 Å². The van der Waals surface area contributed by atoms with E-state index in [1.807, 2.05) is 7.05 Å². The van der Waals surface area contributed by atoms with Crippen LogP contribution in [0.4, 0.5) is 10.1 Å². The fourth-order valence-electron chi connectivity index (χ4n) is 2.34. The summed E-state index contributed by atoms with van der Waals surface area (Å²) in [5, 5.41) is 12.0. The number of likely N-dealkylation sites (tertiary alicyclic amines) is 1. The SMILES string of the molecule is CN1CCCC1CNc1c(F)cccc1C(=O)O. The number of carboxylic acid groups (broad SMARTS) is 1. The van der Waals surface area contributed by atoms with Gasteiger partial charge in [-0.2, -0.15) is 0 Å². The maximum Gasteiger partial charge on any atom is 0.337 e. The van der Waals surface area contributed by atoms with Gasteiger partial charge in [-0.15, -0.1) is 0 Å². The highest BCUT2D eigenvalue weighted by Gasteiger charge is 2.22.